The van der Waals surface area contributed by atoms with E-state index in [0.29, 0.717) is 11.1 Å². The van der Waals surface area contributed by atoms with Crippen molar-refractivity contribution in [2.24, 2.45) is 0 Å². The van der Waals surface area contributed by atoms with Gasteiger partial charge in [-0.15, -0.1) is 12.4 Å². The number of para-hydroxylation sites is 1. The molecule has 19 heavy (non-hydrogen) atoms. The molecule has 7 heteroatoms. The third-order valence-electron chi connectivity index (χ3n) is 2.56. The lowest BCUT2D eigenvalue weighted by atomic mass is 10.0. The second-order valence-electron chi connectivity index (χ2n) is 3.84. The van der Waals surface area contributed by atoms with Crippen LogP contribution >= 0.6 is 20.0 Å². The van der Waals surface area contributed by atoms with Gasteiger partial charge >= 0.3 is 7.60 Å². The van der Waals surface area contributed by atoms with Crippen molar-refractivity contribution in [1.29, 1.82) is 0 Å². The van der Waals surface area contributed by atoms with Crippen LogP contribution in [0.5, 0.6) is 5.75 Å². The van der Waals surface area contributed by atoms with Crippen LogP contribution in [0.1, 0.15) is 0 Å². The van der Waals surface area contributed by atoms with Crippen molar-refractivity contribution in [3.05, 3.63) is 42.5 Å². The second kappa shape index (κ2) is 5.63. The van der Waals surface area contributed by atoms with Crippen molar-refractivity contribution in [3.8, 4) is 16.9 Å². The standard InChI is InChI=1S/C12H12NO4P.ClH/c13-11-6-2-5-10(12(11)14)8-3-1-4-9(7-8)18(15,16)17;/h1-7,14H,13H2,(H2,15,16,17);1H. The molecule has 0 aliphatic carbocycles. The minimum absolute atomic E-state index is 0. The van der Waals surface area contributed by atoms with Gasteiger partial charge in [-0.3, -0.25) is 4.57 Å². The Hall–Kier alpha value is -1.52. The molecule has 0 aromatic heterocycles. The maximum absolute atomic E-state index is 11.2. The van der Waals surface area contributed by atoms with Crippen molar-refractivity contribution in [3.63, 3.8) is 0 Å². The molecular formula is C12H13ClNO4P. The second-order valence-corrected chi connectivity index (χ2v) is 5.44. The fourth-order valence-electron chi connectivity index (χ4n) is 1.65. The zero-order valence-corrected chi connectivity index (χ0v) is 11.4. The molecule has 0 aliphatic rings. The lowest BCUT2D eigenvalue weighted by Crippen LogP contribution is -2.03. The molecule has 0 heterocycles. The number of aromatic hydroxyl groups is 1. The summed E-state index contributed by atoms with van der Waals surface area (Å²) in [7, 11) is -4.31. The van der Waals surface area contributed by atoms with Gasteiger partial charge in [0.15, 0.2) is 0 Å². The molecule has 0 bridgehead atoms. The Bertz CT molecular complexity index is 641. The summed E-state index contributed by atoms with van der Waals surface area (Å²) >= 11 is 0. The highest BCUT2D eigenvalue weighted by Crippen LogP contribution is 2.37. The first-order valence-electron chi connectivity index (χ1n) is 5.13. The van der Waals surface area contributed by atoms with E-state index in [4.69, 9.17) is 15.5 Å². The van der Waals surface area contributed by atoms with Crippen LogP contribution in [0.3, 0.4) is 0 Å². The van der Waals surface area contributed by atoms with Crippen LogP contribution in [0.2, 0.25) is 0 Å². The molecule has 0 radical (unpaired) electrons. The van der Waals surface area contributed by atoms with E-state index in [9.17, 15) is 9.67 Å². The zero-order valence-electron chi connectivity index (χ0n) is 9.72. The van der Waals surface area contributed by atoms with Gasteiger partial charge in [0.25, 0.3) is 0 Å². The highest BCUT2D eigenvalue weighted by Gasteiger charge is 2.18. The summed E-state index contributed by atoms with van der Waals surface area (Å²) in [5.74, 6) is -0.0969. The molecule has 2 aromatic carbocycles. The highest BCUT2D eigenvalue weighted by atomic mass is 35.5. The molecule has 5 N–H and O–H groups in total. The summed E-state index contributed by atoms with van der Waals surface area (Å²) in [6, 6.07) is 10.7. The Kier molecular flexibility index (Phi) is 4.61. The van der Waals surface area contributed by atoms with E-state index < -0.39 is 7.60 Å². The smallest absolute Gasteiger partial charge is 0.356 e. The van der Waals surface area contributed by atoms with E-state index in [0.717, 1.165) is 0 Å². The minimum atomic E-state index is -4.31. The van der Waals surface area contributed by atoms with Gasteiger partial charge in [-0.2, -0.15) is 0 Å². The first-order valence-corrected chi connectivity index (χ1v) is 6.75. The predicted molar refractivity (Wildman–Crippen MR) is 76.9 cm³/mol. The lowest BCUT2D eigenvalue weighted by Gasteiger charge is -2.09. The van der Waals surface area contributed by atoms with Crippen LogP contribution in [0, 0.1) is 0 Å². The molecule has 5 nitrogen and oxygen atoms in total. The predicted octanol–water partition coefficient (Wildman–Crippen LogP) is 1.87. The van der Waals surface area contributed by atoms with Gasteiger partial charge < -0.3 is 20.6 Å². The first-order chi connectivity index (χ1) is 8.39. The van der Waals surface area contributed by atoms with Crippen molar-refractivity contribution < 1.29 is 19.5 Å². The number of hydrogen-bond donors (Lipinski definition) is 4. The van der Waals surface area contributed by atoms with Gasteiger partial charge in [0.1, 0.15) is 5.75 Å². The van der Waals surface area contributed by atoms with E-state index >= 15 is 0 Å². The Morgan fingerprint density at radius 2 is 1.68 bits per heavy atom. The van der Waals surface area contributed by atoms with Crippen molar-refractivity contribution in [2.45, 2.75) is 0 Å². The van der Waals surface area contributed by atoms with Crippen LogP contribution in [-0.2, 0) is 4.57 Å². The van der Waals surface area contributed by atoms with E-state index in [2.05, 4.69) is 0 Å². The molecule has 0 atom stereocenters. The fraction of sp³-hybridized carbons (Fsp3) is 0. The van der Waals surface area contributed by atoms with Gasteiger partial charge in [-0.25, -0.2) is 0 Å². The average Bonchev–Trinajstić information content (AvgIpc) is 2.32. The van der Waals surface area contributed by atoms with E-state index in [1.165, 1.54) is 18.2 Å². The molecule has 2 rings (SSSR count). The van der Waals surface area contributed by atoms with Gasteiger partial charge in [0, 0.05) is 5.56 Å². The van der Waals surface area contributed by atoms with E-state index in [-0.39, 0.29) is 29.1 Å². The Morgan fingerprint density at radius 3 is 2.32 bits per heavy atom. The quantitative estimate of drug-likeness (QED) is 0.385. The van der Waals surface area contributed by atoms with Gasteiger partial charge in [-0.1, -0.05) is 24.3 Å². The largest absolute Gasteiger partial charge is 0.505 e. The van der Waals surface area contributed by atoms with Crippen molar-refractivity contribution >= 4 is 31.0 Å². The fourth-order valence-corrected chi connectivity index (χ4v) is 2.24. The third-order valence-corrected chi connectivity index (χ3v) is 3.51. The number of nitrogen functional groups attached to an aromatic ring is 1. The molecule has 0 saturated heterocycles. The summed E-state index contributed by atoms with van der Waals surface area (Å²) < 4.78 is 11.2. The van der Waals surface area contributed by atoms with Crippen LogP contribution in [-0.4, -0.2) is 14.9 Å². The monoisotopic (exact) mass is 301 g/mol. The minimum Gasteiger partial charge on any atom is -0.505 e. The molecule has 0 unspecified atom stereocenters. The van der Waals surface area contributed by atoms with Crippen LogP contribution < -0.4 is 11.0 Å². The summed E-state index contributed by atoms with van der Waals surface area (Å²) in [4.78, 5) is 18.2. The highest BCUT2D eigenvalue weighted by molar-refractivity contribution is 7.60. The van der Waals surface area contributed by atoms with Crippen molar-refractivity contribution in [2.75, 3.05) is 5.73 Å². The maximum atomic E-state index is 11.2. The number of halogens is 1. The molecular weight excluding hydrogens is 289 g/mol. The number of rotatable bonds is 2. The molecule has 0 saturated carbocycles. The molecule has 2 aromatic rings. The van der Waals surface area contributed by atoms with Crippen LogP contribution in [0.25, 0.3) is 11.1 Å². The molecule has 0 amide bonds. The number of hydrogen-bond acceptors (Lipinski definition) is 3. The number of phenols is 1. The van der Waals surface area contributed by atoms with Crippen LogP contribution in [0.4, 0.5) is 5.69 Å². The molecule has 102 valence electrons. The number of anilines is 1. The number of nitrogens with two attached hydrogens (primary N) is 1. The van der Waals surface area contributed by atoms with Crippen molar-refractivity contribution in [1.82, 2.24) is 0 Å². The SMILES string of the molecule is Cl.Nc1cccc(-c2cccc(P(=O)(O)O)c2)c1O. The Balaban J connectivity index is 0.00000180. The van der Waals surface area contributed by atoms with Gasteiger partial charge in [0.05, 0.1) is 11.0 Å². The zero-order chi connectivity index (χ0) is 13.3. The van der Waals surface area contributed by atoms with Gasteiger partial charge in [-0.05, 0) is 23.8 Å². The first kappa shape index (κ1) is 15.5. The van der Waals surface area contributed by atoms with Gasteiger partial charge in [0.2, 0.25) is 0 Å². The van der Waals surface area contributed by atoms with E-state index in [1.807, 2.05) is 0 Å². The summed E-state index contributed by atoms with van der Waals surface area (Å²) in [6.07, 6.45) is 0. The molecule has 0 fully saturated rings. The number of benzene rings is 2. The summed E-state index contributed by atoms with van der Waals surface area (Å²) in [6.45, 7) is 0. The lowest BCUT2D eigenvalue weighted by molar-refractivity contribution is 0.387. The Labute approximate surface area is 116 Å². The maximum Gasteiger partial charge on any atom is 0.356 e. The Morgan fingerprint density at radius 1 is 1.05 bits per heavy atom. The van der Waals surface area contributed by atoms with Crippen LogP contribution in [0.15, 0.2) is 42.5 Å². The molecule has 0 spiro atoms. The van der Waals surface area contributed by atoms with E-state index in [1.54, 1.807) is 24.3 Å². The summed E-state index contributed by atoms with van der Waals surface area (Å²) in [5.41, 5.74) is 6.73. The topological polar surface area (TPSA) is 104 Å². The number of phenolic OH excluding ortho intramolecular Hbond substituents is 1. The normalized spacial score (nSPS) is 10.8. The third kappa shape index (κ3) is 3.28. The summed E-state index contributed by atoms with van der Waals surface area (Å²) in [5, 5.41) is 9.73. The average molecular weight is 302 g/mol. The molecule has 0 aliphatic heterocycles.